The standard InChI is InChI=1S/C23H26N6O2S.C22H24N6O2S/c1-23(2,3)28-21(30)13-5-6-15-18(9-13)32-22-19(15)20(24-12-25-22)27-16-10-14-7-8-26-29(14)11-17(16)31-4;1-13(2)28(26-18-9-15-6-7-25-27(15)11-19(18)30-3)22(29)14-4-5-16-17-10-23-12-24-21(17)31-20(16)8-14/h7-8,10-13H,5-6,9H2,1-4H3,(H,28,30)(H,24,25,27);6-7,9-14,26H,4-5,8H2,1-3H3. The third-order valence-corrected chi connectivity index (χ3v) is 13.8. The van der Waals surface area contributed by atoms with Gasteiger partial charge in [-0.15, -0.1) is 22.7 Å². The molecule has 0 aromatic carbocycles. The zero-order valence-electron chi connectivity index (χ0n) is 36.3. The van der Waals surface area contributed by atoms with Gasteiger partial charge in [0.25, 0.3) is 0 Å². The van der Waals surface area contributed by atoms with Crippen molar-refractivity contribution >= 4 is 83.1 Å². The summed E-state index contributed by atoms with van der Waals surface area (Å²) in [5, 5.41) is 19.0. The third kappa shape index (κ3) is 8.44. The molecule has 2 aliphatic carbocycles. The SMILES string of the molecule is COc1cn2nccc2cc1NN(C(=O)C1CCc2c(sc3ncncc23)C1)C(C)C.COc1cn2nccc2cc1Nc1ncnc2sc3c(c12)CCC(C(=O)NC(C)(C)C)C3. The number of nitrogens with zero attached hydrogens (tertiary/aromatic N) is 9. The summed E-state index contributed by atoms with van der Waals surface area (Å²) in [5.74, 6) is 2.20. The largest absolute Gasteiger partial charge is 0.493 e. The van der Waals surface area contributed by atoms with Gasteiger partial charge in [0.05, 0.1) is 48.7 Å². The topological polar surface area (TPSA) is 178 Å². The van der Waals surface area contributed by atoms with Crippen LogP contribution in [0.3, 0.4) is 0 Å². The Morgan fingerprint density at radius 1 is 0.825 bits per heavy atom. The van der Waals surface area contributed by atoms with Crippen LogP contribution in [-0.2, 0) is 35.3 Å². The second-order valence-electron chi connectivity index (χ2n) is 17.2. The maximum Gasteiger partial charge on any atom is 0.244 e. The average molecular weight is 887 g/mol. The van der Waals surface area contributed by atoms with E-state index in [4.69, 9.17) is 9.47 Å². The summed E-state index contributed by atoms with van der Waals surface area (Å²) in [6, 6.07) is 7.77. The monoisotopic (exact) mass is 886 g/mol. The van der Waals surface area contributed by atoms with Gasteiger partial charge in [-0.3, -0.25) is 20.0 Å². The van der Waals surface area contributed by atoms with Crippen molar-refractivity contribution in [1.82, 2.24) is 49.5 Å². The summed E-state index contributed by atoms with van der Waals surface area (Å²) in [6.07, 6.45) is 17.0. The number of aromatic nitrogens is 8. The van der Waals surface area contributed by atoms with E-state index in [2.05, 4.69) is 46.2 Å². The molecule has 2 amide bonds. The van der Waals surface area contributed by atoms with Crippen LogP contribution in [0.5, 0.6) is 11.5 Å². The van der Waals surface area contributed by atoms with E-state index in [9.17, 15) is 9.59 Å². The van der Waals surface area contributed by atoms with Gasteiger partial charge in [0.2, 0.25) is 11.8 Å². The Kier molecular flexibility index (Phi) is 11.3. The first-order valence-electron chi connectivity index (χ1n) is 21.0. The van der Waals surface area contributed by atoms with Gasteiger partial charge in [-0.1, -0.05) is 0 Å². The fraction of sp³-hybridized carbons (Fsp3) is 0.378. The van der Waals surface area contributed by atoms with Gasteiger partial charge in [-0.05, 0) is 109 Å². The second kappa shape index (κ2) is 17.0. The Hall–Kier alpha value is -6.40. The lowest BCUT2D eigenvalue weighted by atomic mass is 9.86. The minimum Gasteiger partial charge on any atom is -0.493 e. The number of pyridine rings is 2. The summed E-state index contributed by atoms with van der Waals surface area (Å²) in [6.45, 7) is 10.1. The number of rotatable bonds is 9. The van der Waals surface area contributed by atoms with E-state index in [0.717, 1.165) is 87.2 Å². The first-order valence-corrected chi connectivity index (χ1v) is 22.7. The number of hydrogen-bond acceptors (Lipinski definition) is 14. The van der Waals surface area contributed by atoms with E-state index >= 15 is 0 Å². The van der Waals surface area contributed by atoms with Gasteiger partial charge in [-0.25, -0.2) is 29.0 Å². The fourth-order valence-electron chi connectivity index (χ4n) is 8.43. The molecule has 0 aliphatic heterocycles. The van der Waals surface area contributed by atoms with E-state index in [1.807, 2.05) is 77.5 Å². The Bertz CT molecular complexity index is 2980. The zero-order chi connectivity index (χ0) is 44.0. The van der Waals surface area contributed by atoms with Crippen molar-refractivity contribution in [3.8, 4) is 11.5 Å². The average Bonchev–Trinajstić information content (AvgIpc) is 4.08. The molecule has 16 nitrogen and oxygen atoms in total. The summed E-state index contributed by atoms with van der Waals surface area (Å²) in [4.78, 5) is 48.4. The van der Waals surface area contributed by atoms with Crippen molar-refractivity contribution in [1.29, 1.82) is 0 Å². The van der Waals surface area contributed by atoms with Crippen LogP contribution in [-0.4, -0.2) is 81.8 Å². The van der Waals surface area contributed by atoms with Crippen LogP contribution in [0.4, 0.5) is 17.2 Å². The molecule has 2 unspecified atom stereocenters. The number of carbonyl (C=O) groups is 2. The van der Waals surface area contributed by atoms with E-state index < -0.39 is 0 Å². The quantitative estimate of drug-likeness (QED) is 0.120. The molecular weight excluding hydrogens is 837 g/mol. The van der Waals surface area contributed by atoms with Crippen LogP contribution in [0.15, 0.2) is 67.9 Å². The van der Waals surface area contributed by atoms with Crippen LogP contribution in [0, 0.1) is 11.8 Å². The van der Waals surface area contributed by atoms with Crippen molar-refractivity contribution in [2.45, 2.75) is 84.7 Å². The minimum atomic E-state index is -0.226. The first kappa shape index (κ1) is 41.9. The summed E-state index contributed by atoms with van der Waals surface area (Å²) in [5.41, 5.74) is 9.10. The number of ether oxygens (including phenoxy) is 2. The number of methoxy groups -OCH3 is 2. The molecule has 0 fully saturated rings. The van der Waals surface area contributed by atoms with Crippen LogP contribution in [0.25, 0.3) is 31.5 Å². The van der Waals surface area contributed by atoms with Crippen molar-refractivity contribution in [2.24, 2.45) is 11.8 Å². The van der Waals surface area contributed by atoms with Gasteiger partial charge in [0.15, 0.2) is 11.5 Å². The Balaban J connectivity index is 0.000000160. The highest BCUT2D eigenvalue weighted by Gasteiger charge is 2.33. The predicted molar refractivity (Wildman–Crippen MR) is 246 cm³/mol. The molecule has 63 heavy (non-hydrogen) atoms. The lowest BCUT2D eigenvalue weighted by Crippen LogP contribution is -2.46. The molecule has 0 bridgehead atoms. The molecule has 8 heterocycles. The summed E-state index contributed by atoms with van der Waals surface area (Å²) < 4.78 is 14.6. The molecule has 8 aromatic heterocycles. The van der Waals surface area contributed by atoms with Gasteiger partial charge < -0.3 is 20.1 Å². The van der Waals surface area contributed by atoms with Gasteiger partial charge in [0, 0.05) is 57.1 Å². The van der Waals surface area contributed by atoms with Crippen LogP contribution in [0.2, 0.25) is 0 Å². The van der Waals surface area contributed by atoms with Crippen LogP contribution >= 0.6 is 22.7 Å². The molecule has 326 valence electrons. The van der Waals surface area contributed by atoms with Crippen molar-refractivity contribution in [3.05, 3.63) is 88.8 Å². The smallest absolute Gasteiger partial charge is 0.244 e. The van der Waals surface area contributed by atoms with Crippen LogP contribution in [0.1, 0.15) is 68.3 Å². The Labute approximate surface area is 372 Å². The highest BCUT2D eigenvalue weighted by atomic mass is 32.1. The maximum absolute atomic E-state index is 13.6. The molecule has 0 saturated carbocycles. The van der Waals surface area contributed by atoms with Crippen LogP contribution < -0.4 is 25.5 Å². The number of fused-ring (bicyclic) bond motifs is 8. The van der Waals surface area contributed by atoms with Gasteiger partial charge in [0.1, 0.15) is 33.8 Å². The zero-order valence-corrected chi connectivity index (χ0v) is 37.9. The molecule has 2 aliphatic rings. The number of thiophene rings is 2. The fourth-order valence-corrected chi connectivity index (χ4v) is 10.9. The molecule has 0 spiro atoms. The molecule has 0 saturated heterocycles. The number of aryl methyl sites for hydroxylation is 2. The molecule has 8 aromatic rings. The van der Waals surface area contributed by atoms with Crippen molar-refractivity contribution in [3.63, 3.8) is 0 Å². The summed E-state index contributed by atoms with van der Waals surface area (Å²) >= 11 is 3.34. The van der Waals surface area contributed by atoms with Gasteiger partial charge in [-0.2, -0.15) is 10.2 Å². The highest BCUT2D eigenvalue weighted by molar-refractivity contribution is 7.19. The van der Waals surface area contributed by atoms with Gasteiger partial charge >= 0.3 is 0 Å². The predicted octanol–water partition coefficient (Wildman–Crippen LogP) is 7.83. The number of anilines is 3. The molecule has 10 rings (SSSR count). The maximum atomic E-state index is 13.6. The number of hydrazine groups is 1. The van der Waals surface area contributed by atoms with Crippen molar-refractivity contribution in [2.75, 3.05) is 25.0 Å². The second-order valence-corrected chi connectivity index (χ2v) is 19.4. The minimum absolute atomic E-state index is 0.0106. The van der Waals surface area contributed by atoms with E-state index in [1.165, 1.54) is 20.9 Å². The Morgan fingerprint density at radius 3 is 2.14 bits per heavy atom. The Morgan fingerprint density at radius 2 is 1.44 bits per heavy atom. The third-order valence-electron chi connectivity index (χ3n) is 11.5. The summed E-state index contributed by atoms with van der Waals surface area (Å²) in [7, 11) is 3.26. The van der Waals surface area contributed by atoms with Crippen molar-refractivity contribution < 1.29 is 19.1 Å². The first-order chi connectivity index (χ1) is 30.4. The van der Waals surface area contributed by atoms with E-state index in [1.54, 1.807) is 76.0 Å². The molecule has 0 radical (unpaired) electrons. The number of amides is 2. The number of nitrogens with one attached hydrogen (secondary N) is 3. The lowest BCUT2D eigenvalue weighted by molar-refractivity contribution is -0.136. The number of hydrogen-bond donors (Lipinski definition) is 3. The lowest BCUT2D eigenvalue weighted by Gasteiger charge is -2.33. The number of carbonyl (C=O) groups excluding carboxylic acids is 2. The van der Waals surface area contributed by atoms with E-state index in [-0.39, 0.29) is 35.2 Å². The highest BCUT2D eigenvalue weighted by Crippen LogP contribution is 2.42. The molecule has 3 N–H and O–H groups in total. The molecule has 18 heteroatoms. The molecular formula is C45H50N12O4S2. The van der Waals surface area contributed by atoms with E-state index in [0.29, 0.717) is 11.5 Å². The normalized spacial score (nSPS) is 16.1. The molecule has 2 atom stereocenters.